The van der Waals surface area contributed by atoms with Gasteiger partial charge in [-0.05, 0) is 19.4 Å². The van der Waals surface area contributed by atoms with Crippen LogP contribution in [-0.4, -0.2) is 103 Å². The molecule has 32 heavy (non-hydrogen) atoms. The molecule has 4 N–H and O–H groups in total. The highest BCUT2D eigenvalue weighted by Gasteiger charge is 2.13. The third-order valence-corrected chi connectivity index (χ3v) is 4.26. The molecule has 0 saturated carbocycles. The van der Waals surface area contributed by atoms with Gasteiger partial charge in [0.25, 0.3) is 0 Å². The minimum atomic E-state index is 0. The van der Waals surface area contributed by atoms with Gasteiger partial charge in [-0.25, -0.2) is 0 Å². The van der Waals surface area contributed by atoms with Gasteiger partial charge in [0.15, 0.2) is 0 Å². The average Bonchev–Trinajstić information content (AvgIpc) is 2.78. The van der Waals surface area contributed by atoms with Crippen LogP contribution in [0.25, 0.3) is 0 Å². The van der Waals surface area contributed by atoms with Crippen molar-refractivity contribution in [3.8, 4) is 12.3 Å². The maximum absolute atomic E-state index is 12.5. The van der Waals surface area contributed by atoms with Crippen LogP contribution in [0.2, 0.25) is 0 Å². The first kappa shape index (κ1) is 32.9. The highest BCUT2D eigenvalue weighted by molar-refractivity contribution is 5.76. The Morgan fingerprint density at radius 1 is 0.688 bits per heavy atom. The largest absolute Gasteiger partial charge is 0.379 e. The van der Waals surface area contributed by atoms with Crippen LogP contribution in [0.3, 0.4) is 0 Å². The monoisotopic (exact) mass is 461 g/mol. The molecular formula is C23H47N3O6. The van der Waals surface area contributed by atoms with Gasteiger partial charge in [0.2, 0.25) is 5.91 Å². The lowest BCUT2D eigenvalue weighted by atomic mass is 10.2. The Morgan fingerprint density at radius 2 is 1.25 bits per heavy atom. The summed E-state index contributed by atoms with van der Waals surface area (Å²) in [5.41, 5.74) is 11.0. The molecule has 0 heterocycles. The van der Waals surface area contributed by atoms with Gasteiger partial charge in [0.1, 0.15) is 6.61 Å². The van der Waals surface area contributed by atoms with Gasteiger partial charge < -0.3 is 40.1 Å². The van der Waals surface area contributed by atoms with Crippen molar-refractivity contribution in [3.05, 3.63) is 0 Å². The van der Waals surface area contributed by atoms with Crippen molar-refractivity contribution in [2.75, 3.05) is 92.2 Å². The van der Waals surface area contributed by atoms with Crippen molar-refractivity contribution in [3.63, 3.8) is 0 Å². The Kier molecular flexibility index (Phi) is 28.6. The van der Waals surface area contributed by atoms with E-state index in [4.69, 9.17) is 41.6 Å². The van der Waals surface area contributed by atoms with E-state index in [1.807, 2.05) is 4.90 Å². The average molecular weight is 462 g/mol. The van der Waals surface area contributed by atoms with Crippen molar-refractivity contribution in [2.45, 2.75) is 39.5 Å². The molecule has 0 aromatic heterocycles. The Hall–Kier alpha value is -1.25. The number of nitrogens with two attached hydrogens (primary N) is 2. The fraction of sp³-hybridized carbons (Fsp3) is 0.870. The van der Waals surface area contributed by atoms with Gasteiger partial charge in [-0.1, -0.05) is 26.2 Å². The van der Waals surface area contributed by atoms with E-state index in [1.165, 1.54) is 0 Å². The Balaban J connectivity index is 0. The summed E-state index contributed by atoms with van der Waals surface area (Å²) in [5.74, 6) is 2.47. The highest BCUT2D eigenvalue weighted by atomic mass is 16.6. The summed E-state index contributed by atoms with van der Waals surface area (Å²) < 4.78 is 26.8. The van der Waals surface area contributed by atoms with E-state index in [1.54, 1.807) is 0 Å². The maximum atomic E-state index is 12.5. The molecule has 0 aliphatic rings. The number of carbonyl (C=O) groups is 1. The van der Waals surface area contributed by atoms with E-state index in [0.29, 0.717) is 92.1 Å². The molecule has 0 rings (SSSR count). The summed E-state index contributed by atoms with van der Waals surface area (Å²) >= 11 is 0. The number of terminal acetylenes is 1. The fourth-order valence-corrected chi connectivity index (χ4v) is 2.63. The quantitative estimate of drug-likeness (QED) is 0.162. The van der Waals surface area contributed by atoms with Gasteiger partial charge in [-0.3, -0.25) is 4.79 Å². The lowest BCUT2D eigenvalue weighted by Crippen LogP contribution is -2.35. The number of carbonyl (C=O) groups excluding carboxylic acids is 1. The second-order valence-corrected chi connectivity index (χ2v) is 6.83. The van der Waals surface area contributed by atoms with Crippen LogP contribution < -0.4 is 11.5 Å². The fourth-order valence-electron chi connectivity index (χ4n) is 2.63. The number of unbranched alkanes of at least 4 members (excludes halogenated alkanes) is 3. The van der Waals surface area contributed by atoms with E-state index in [9.17, 15) is 4.79 Å². The van der Waals surface area contributed by atoms with E-state index >= 15 is 0 Å². The molecule has 0 fully saturated rings. The molecule has 0 aliphatic carbocycles. The van der Waals surface area contributed by atoms with E-state index in [-0.39, 0.29) is 13.3 Å². The lowest BCUT2D eigenvalue weighted by molar-refractivity contribution is -0.133. The molecule has 0 saturated heterocycles. The summed E-state index contributed by atoms with van der Waals surface area (Å²) in [6.45, 7) is 7.02. The van der Waals surface area contributed by atoms with Crippen molar-refractivity contribution < 1.29 is 28.5 Å². The van der Waals surface area contributed by atoms with Crippen LogP contribution in [0.15, 0.2) is 0 Å². The molecule has 1 amide bonds. The second-order valence-electron chi connectivity index (χ2n) is 6.83. The smallest absolute Gasteiger partial charge is 0.224 e. The van der Waals surface area contributed by atoms with E-state index in [0.717, 1.165) is 32.2 Å². The van der Waals surface area contributed by atoms with Crippen LogP contribution in [0.1, 0.15) is 39.5 Å². The standard InChI is InChI=1S/C22H43N3O6.CH4/c1-2-12-27-16-18-30-20-21-31-19-17-28-13-7-22(26)25(11-15-29-14-9-24)10-6-4-3-5-8-23;/h1H,3-21,23-24H2;1H4. The third kappa shape index (κ3) is 23.4. The Labute approximate surface area is 195 Å². The minimum absolute atomic E-state index is 0. The van der Waals surface area contributed by atoms with Crippen molar-refractivity contribution in [2.24, 2.45) is 11.5 Å². The summed E-state index contributed by atoms with van der Waals surface area (Å²) in [6.07, 6.45) is 9.57. The molecule has 0 radical (unpaired) electrons. The van der Waals surface area contributed by atoms with Crippen molar-refractivity contribution in [1.29, 1.82) is 0 Å². The first-order chi connectivity index (χ1) is 15.3. The molecule has 9 nitrogen and oxygen atoms in total. The predicted molar refractivity (Wildman–Crippen MR) is 127 cm³/mol. The summed E-state index contributed by atoms with van der Waals surface area (Å²) in [6, 6.07) is 0. The maximum Gasteiger partial charge on any atom is 0.224 e. The zero-order chi connectivity index (χ0) is 22.8. The molecule has 0 atom stereocenters. The zero-order valence-electron chi connectivity index (χ0n) is 19.1. The number of rotatable bonds is 24. The third-order valence-electron chi connectivity index (χ3n) is 4.26. The predicted octanol–water partition coefficient (Wildman–Crippen LogP) is 1.04. The van der Waals surface area contributed by atoms with Gasteiger partial charge in [-0.2, -0.15) is 0 Å². The minimum Gasteiger partial charge on any atom is -0.379 e. The molecule has 0 spiro atoms. The summed E-state index contributed by atoms with van der Waals surface area (Å²) in [7, 11) is 0. The normalized spacial score (nSPS) is 10.5. The number of nitrogens with zero attached hydrogens (tertiary/aromatic N) is 1. The molecular weight excluding hydrogens is 414 g/mol. The molecule has 190 valence electrons. The topological polar surface area (TPSA) is 118 Å². The Bertz CT molecular complexity index is 434. The number of ether oxygens (including phenoxy) is 5. The lowest BCUT2D eigenvalue weighted by Gasteiger charge is -2.23. The highest BCUT2D eigenvalue weighted by Crippen LogP contribution is 2.04. The zero-order valence-corrected chi connectivity index (χ0v) is 19.1. The molecule has 0 aliphatic heterocycles. The van der Waals surface area contributed by atoms with Gasteiger partial charge in [0.05, 0.1) is 65.9 Å². The number of hydrogen-bond donors (Lipinski definition) is 2. The van der Waals surface area contributed by atoms with Crippen molar-refractivity contribution >= 4 is 5.91 Å². The van der Waals surface area contributed by atoms with Crippen molar-refractivity contribution in [1.82, 2.24) is 4.90 Å². The van der Waals surface area contributed by atoms with E-state index in [2.05, 4.69) is 5.92 Å². The number of hydrogen-bond acceptors (Lipinski definition) is 8. The first-order valence-electron chi connectivity index (χ1n) is 11.3. The van der Waals surface area contributed by atoms with E-state index < -0.39 is 0 Å². The van der Waals surface area contributed by atoms with Crippen LogP contribution in [0, 0.1) is 12.3 Å². The van der Waals surface area contributed by atoms with Gasteiger partial charge in [0, 0.05) is 19.6 Å². The first-order valence-corrected chi connectivity index (χ1v) is 11.3. The van der Waals surface area contributed by atoms with Crippen LogP contribution >= 0.6 is 0 Å². The van der Waals surface area contributed by atoms with Crippen LogP contribution in [0.5, 0.6) is 0 Å². The van der Waals surface area contributed by atoms with Gasteiger partial charge in [-0.15, -0.1) is 6.42 Å². The Morgan fingerprint density at radius 3 is 1.84 bits per heavy atom. The summed E-state index contributed by atoms with van der Waals surface area (Å²) in [4.78, 5) is 14.4. The molecule has 0 unspecified atom stereocenters. The second kappa shape index (κ2) is 27.8. The van der Waals surface area contributed by atoms with Crippen LogP contribution in [0.4, 0.5) is 0 Å². The van der Waals surface area contributed by atoms with Crippen LogP contribution in [-0.2, 0) is 28.5 Å². The van der Waals surface area contributed by atoms with Gasteiger partial charge >= 0.3 is 0 Å². The molecule has 9 heteroatoms. The number of amides is 1. The molecule has 0 bridgehead atoms. The summed E-state index contributed by atoms with van der Waals surface area (Å²) in [5, 5.41) is 0. The molecule has 0 aromatic carbocycles. The SMILES string of the molecule is C.C#CCOCCOCCOCCOCCC(=O)N(CCCCCCN)CCOCCN. The molecule has 0 aromatic rings.